The molecular weight excluding hydrogens is 384 g/mol. The molecule has 1 amide bonds. The summed E-state index contributed by atoms with van der Waals surface area (Å²) in [6.45, 7) is -0.184. The quantitative estimate of drug-likeness (QED) is 0.598. The predicted molar refractivity (Wildman–Crippen MR) is 93.4 cm³/mol. The Balaban J connectivity index is 1.89. The zero-order valence-corrected chi connectivity index (χ0v) is 14.6. The van der Waals surface area contributed by atoms with Gasteiger partial charge in [0.2, 0.25) is 0 Å². The zero-order valence-electron chi connectivity index (χ0n) is 12.3. The number of hydrazone groups is 1. The van der Waals surface area contributed by atoms with Crippen LogP contribution in [0.25, 0.3) is 0 Å². The van der Waals surface area contributed by atoms with Gasteiger partial charge in [0.1, 0.15) is 11.5 Å². The molecule has 2 aromatic carbocycles. The number of carbonyl (C=O) groups is 1. The fraction of sp³-hybridized carbons (Fsp3) is 0.125. The summed E-state index contributed by atoms with van der Waals surface area (Å²) in [5.74, 6) is 0.704. The summed E-state index contributed by atoms with van der Waals surface area (Å²) in [7, 11) is 1.57. The first-order valence-electron chi connectivity index (χ1n) is 6.63. The molecule has 2 rings (SSSR count). The Hall–Kier alpha value is -2.05. The molecule has 0 aromatic heterocycles. The fourth-order valence-corrected chi connectivity index (χ4v) is 2.29. The summed E-state index contributed by atoms with van der Waals surface area (Å²) in [5.41, 5.74) is 3.11. The van der Waals surface area contributed by atoms with Crippen LogP contribution in [0.5, 0.6) is 11.5 Å². The van der Waals surface area contributed by atoms with Crippen LogP contribution in [0, 0.1) is 0 Å². The number of hydrogen-bond acceptors (Lipinski definition) is 4. The van der Waals surface area contributed by atoms with Gasteiger partial charge in [0, 0.05) is 10.0 Å². The monoisotopic (exact) mass is 396 g/mol. The number of nitrogens with one attached hydrogen (secondary N) is 1. The molecule has 1 N–H and O–H groups in total. The van der Waals surface area contributed by atoms with E-state index >= 15 is 0 Å². The highest BCUT2D eigenvalue weighted by atomic mass is 79.9. The third kappa shape index (κ3) is 5.26. The maximum Gasteiger partial charge on any atom is 0.277 e. The van der Waals surface area contributed by atoms with Gasteiger partial charge in [0.15, 0.2) is 6.61 Å². The van der Waals surface area contributed by atoms with Crippen molar-refractivity contribution < 1.29 is 14.3 Å². The summed E-state index contributed by atoms with van der Waals surface area (Å²) in [6.07, 6.45) is 1.50. The van der Waals surface area contributed by atoms with E-state index < -0.39 is 5.91 Å². The number of carbonyl (C=O) groups excluding carboxylic acids is 1. The van der Waals surface area contributed by atoms with Crippen molar-refractivity contribution in [2.75, 3.05) is 13.7 Å². The summed E-state index contributed by atoms with van der Waals surface area (Å²) in [4.78, 5) is 11.7. The van der Waals surface area contributed by atoms with E-state index in [1.165, 1.54) is 6.21 Å². The smallest absolute Gasteiger partial charge is 0.277 e. The molecule has 0 fully saturated rings. The lowest BCUT2D eigenvalue weighted by Crippen LogP contribution is -2.24. The summed E-state index contributed by atoms with van der Waals surface area (Å²) in [5, 5.41) is 4.33. The topological polar surface area (TPSA) is 59.9 Å². The largest absolute Gasteiger partial charge is 0.496 e. The predicted octanol–water partition coefficient (Wildman–Crippen LogP) is 3.64. The first-order chi connectivity index (χ1) is 11.1. The van der Waals surface area contributed by atoms with Gasteiger partial charge < -0.3 is 9.47 Å². The lowest BCUT2D eigenvalue weighted by Gasteiger charge is -2.07. The van der Waals surface area contributed by atoms with E-state index in [0.29, 0.717) is 16.5 Å². The van der Waals surface area contributed by atoms with Crippen molar-refractivity contribution >= 4 is 39.7 Å². The van der Waals surface area contributed by atoms with Crippen LogP contribution in [0.4, 0.5) is 0 Å². The van der Waals surface area contributed by atoms with Crippen molar-refractivity contribution in [2.45, 2.75) is 0 Å². The molecule has 0 saturated heterocycles. The standard InChI is InChI=1S/C16H14BrClN2O3/c1-22-14-7-6-12(17)8-11(14)9-19-20-16(21)10-23-15-5-3-2-4-13(15)18/h2-9H,10H2,1H3,(H,20,21). The summed E-state index contributed by atoms with van der Waals surface area (Å²) < 4.78 is 11.4. The number of para-hydroxylation sites is 1. The Kier molecular flexibility index (Phi) is 6.43. The Morgan fingerprint density at radius 1 is 1.30 bits per heavy atom. The number of halogens is 2. The molecule has 23 heavy (non-hydrogen) atoms. The van der Waals surface area contributed by atoms with E-state index in [9.17, 15) is 4.79 Å². The highest BCUT2D eigenvalue weighted by Crippen LogP contribution is 2.23. The molecule has 0 atom stereocenters. The van der Waals surface area contributed by atoms with Crippen LogP contribution < -0.4 is 14.9 Å². The highest BCUT2D eigenvalue weighted by Gasteiger charge is 2.05. The van der Waals surface area contributed by atoms with Crippen LogP contribution in [-0.4, -0.2) is 25.8 Å². The minimum absolute atomic E-state index is 0.184. The van der Waals surface area contributed by atoms with Gasteiger partial charge in [-0.15, -0.1) is 0 Å². The van der Waals surface area contributed by atoms with Crippen molar-refractivity contribution in [1.29, 1.82) is 0 Å². The van der Waals surface area contributed by atoms with Crippen molar-refractivity contribution in [3.8, 4) is 11.5 Å². The molecule has 120 valence electrons. The fourth-order valence-electron chi connectivity index (χ4n) is 1.72. The maximum absolute atomic E-state index is 11.7. The van der Waals surface area contributed by atoms with E-state index in [2.05, 4.69) is 26.5 Å². The van der Waals surface area contributed by atoms with Gasteiger partial charge in [-0.05, 0) is 30.3 Å². The Morgan fingerprint density at radius 3 is 2.83 bits per heavy atom. The average Bonchev–Trinajstić information content (AvgIpc) is 2.54. The Labute approximate surface area is 147 Å². The molecule has 0 bridgehead atoms. The molecule has 5 nitrogen and oxygen atoms in total. The number of hydrogen-bond donors (Lipinski definition) is 1. The normalized spacial score (nSPS) is 10.6. The molecule has 0 radical (unpaired) electrons. The number of methoxy groups -OCH3 is 1. The number of benzene rings is 2. The average molecular weight is 398 g/mol. The minimum atomic E-state index is -0.393. The Morgan fingerprint density at radius 2 is 2.09 bits per heavy atom. The van der Waals surface area contributed by atoms with Crippen LogP contribution in [0.15, 0.2) is 52.0 Å². The lowest BCUT2D eigenvalue weighted by molar-refractivity contribution is -0.123. The Bertz CT molecular complexity index is 722. The first kappa shape index (κ1) is 17.3. The maximum atomic E-state index is 11.7. The molecule has 0 spiro atoms. The molecule has 0 unspecified atom stereocenters. The van der Waals surface area contributed by atoms with Gasteiger partial charge in [0.05, 0.1) is 18.3 Å². The third-order valence-electron chi connectivity index (χ3n) is 2.78. The summed E-state index contributed by atoms with van der Waals surface area (Å²) >= 11 is 9.30. The molecule has 0 heterocycles. The lowest BCUT2D eigenvalue weighted by atomic mass is 10.2. The first-order valence-corrected chi connectivity index (χ1v) is 7.80. The van der Waals surface area contributed by atoms with Crippen LogP contribution in [0.3, 0.4) is 0 Å². The second-order valence-electron chi connectivity index (χ2n) is 4.40. The van der Waals surface area contributed by atoms with Crippen LogP contribution in [0.2, 0.25) is 5.02 Å². The third-order valence-corrected chi connectivity index (χ3v) is 3.59. The molecule has 2 aromatic rings. The van der Waals surface area contributed by atoms with Crippen LogP contribution in [0.1, 0.15) is 5.56 Å². The van der Waals surface area contributed by atoms with E-state index in [-0.39, 0.29) is 6.61 Å². The van der Waals surface area contributed by atoms with E-state index in [4.69, 9.17) is 21.1 Å². The molecule has 0 aliphatic rings. The van der Waals surface area contributed by atoms with Crippen molar-refractivity contribution in [3.63, 3.8) is 0 Å². The van der Waals surface area contributed by atoms with Gasteiger partial charge in [-0.1, -0.05) is 39.7 Å². The van der Waals surface area contributed by atoms with Crippen molar-refractivity contribution in [1.82, 2.24) is 5.43 Å². The van der Waals surface area contributed by atoms with Gasteiger partial charge in [0.25, 0.3) is 5.91 Å². The second kappa shape index (κ2) is 8.55. The number of ether oxygens (including phenoxy) is 2. The number of rotatable bonds is 6. The van der Waals surface area contributed by atoms with Gasteiger partial charge >= 0.3 is 0 Å². The van der Waals surface area contributed by atoms with Crippen LogP contribution >= 0.6 is 27.5 Å². The van der Waals surface area contributed by atoms with Crippen molar-refractivity contribution in [2.24, 2.45) is 5.10 Å². The van der Waals surface area contributed by atoms with Gasteiger partial charge in [-0.2, -0.15) is 5.10 Å². The molecular formula is C16H14BrClN2O3. The van der Waals surface area contributed by atoms with Crippen LogP contribution in [-0.2, 0) is 4.79 Å². The molecule has 7 heteroatoms. The SMILES string of the molecule is COc1ccc(Br)cc1C=NNC(=O)COc1ccccc1Cl. The molecule has 0 aliphatic carbocycles. The molecule has 0 aliphatic heterocycles. The minimum Gasteiger partial charge on any atom is -0.496 e. The number of nitrogens with zero attached hydrogens (tertiary/aromatic N) is 1. The molecule has 0 saturated carbocycles. The van der Waals surface area contributed by atoms with Gasteiger partial charge in [-0.25, -0.2) is 5.43 Å². The summed E-state index contributed by atoms with van der Waals surface area (Å²) in [6, 6.07) is 12.4. The highest BCUT2D eigenvalue weighted by molar-refractivity contribution is 9.10. The van der Waals surface area contributed by atoms with E-state index in [1.54, 1.807) is 37.4 Å². The van der Waals surface area contributed by atoms with Crippen molar-refractivity contribution in [3.05, 3.63) is 57.5 Å². The zero-order chi connectivity index (χ0) is 16.7. The van der Waals surface area contributed by atoms with E-state index in [1.807, 2.05) is 12.1 Å². The van der Waals surface area contributed by atoms with E-state index in [0.717, 1.165) is 10.0 Å². The number of amides is 1. The second-order valence-corrected chi connectivity index (χ2v) is 5.72. The van der Waals surface area contributed by atoms with Gasteiger partial charge in [-0.3, -0.25) is 4.79 Å².